The summed E-state index contributed by atoms with van der Waals surface area (Å²) < 4.78 is 0. The van der Waals surface area contributed by atoms with Crippen LogP contribution < -0.4 is 11.3 Å². The quantitative estimate of drug-likeness (QED) is 0.466. The number of nitrogens with one attached hydrogen (secondary N) is 1. The van der Waals surface area contributed by atoms with E-state index in [1.165, 1.54) is 11.1 Å². The standard InChI is InChI=1S/C13H19N3O/c1-10(6-7-13(17)15-14)16-8-11-4-2-3-5-12(11)9-16/h2-5,10H,6-9,14H2,1H3,(H,15,17). The molecule has 1 aliphatic heterocycles. The summed E-state index contributed by atoms with van der Waals surface area (Å²) in [5, 5.41) is 0. The number of nitrogens with zero attached hydrogens (tertiary/aromatic N) is 1. The van der Waals surface area contributed by atoms with E-state index in [-0.39, 0.29) is 5.91 Å². The molecule has 0 spiro atoms. The highest BCUT2D eigenvalue weighted by Crippen LogP contribution is 2.25. The molecule has 0 aromatic heterocycles. The maximum absolute atomic E-state index is 11.1. The van der Waals surface area contributed by atoms with Crippen LogP contribution in [-0.2, 0) is 17.9 Å². The zero-order chi connectivity index (χ0) is 12.3. The topological polar surface area (TPSA) is 58.4 Å². The van der Waals surface area contributed by atoms with Crippen molar-refractivity contribution >= 4 is 5.91 Å². The van der Waals surface area contributed by atoms with Gasteiger partial charge in [0.15, 0.2) is 0 Å². The maximum atomic E-state index is 11.1. The van der Waals surface area contributed by atoms with Crippen molar-refractivity contribution in [3.63, 3.8) is 0 Å². The zero-order valence-corrected chi connectivity index (χ0v) is 10.1. The number of hydrazine groups is 1. The van der Waals surface area contributed by atoms with Gasteiger partial charge in [0.2, 0.25) is 5.91 Å². The van der Waals surface area contributed by atoms with Gasteiger partial charge in [-0.2, -0.15) is 0 Å². The van der Waals surface area contributed by atoms with Crippen LogP contribution in [0, 0.1) is 0 Å². The van der Waals surface area contributed by atoms with Gasteiger partial charge in [0.1, 0.15) is 0 Å². The molecular formula is C13H19N3O. The Morgan fingerprint density at radius 1 is 1.41 bits per heavy atom. The minimum absolute atomic E-state index is 0.0893. The molecule has 1 heterocycles. The van der Waals surface area contributed by atoms with E-state index in [1.807, 2.05) is 0 Å². The molecule has 4 heteroatoms. The van der Waals surface area contributed by atoms with E-state index >= 15 is 0 Å². The normalized spacial score (nSPS) is 16.6. The number of carbonyl (C=O) groups is 1. The fourth-order valence-corrected chi connectivity index (χ4v) is 2.27. The van der Waals surface area contributed by atoms with Crippen LogP contribution in [0.3, 0.4) is 0 Å². The Morgan fingerprint density at radius 3 is 2.53 bits per heavy atom. The number of carbonyl (C=O) groups excluding carboxylic acids is 1. The average molecular weight is 233 g/mol. The summed E-state index contributed by atoms with van der Waals surface area (Å²) in [5.74, 6) is 4.98. The lowest BCUT2D eigenvalue weighted by Gasteiger charge is -2.23. The largest absolute Gasteiger partial charge is 0.294 e. The summed E-state index contributed by atoms with van der Waals surface area (Å²) in [5.41, 5.74) is 4.98. The van der Waals surface area contributed by atoms with Gasteiger partial charge in [-0.3, -0.25) is 15.1 Å². The van der Waals surface area contributed by atoms with Gasteiger partial charge in [-0.25, -0.2) is 5.84 Å². The van der Waals surface area contributed by atoms with Gasteiger partial charge in [0.25, 0.3) is 0 Å². The van der Waals surface area contributed by atoms with Crippen LogP contribution >= 0.6 is 0 Å². The van der Waals surface area contributed by atoms with Gasteiger partial charge in [-0.05, 0) is 24.5 Å². The number of fused-ring (bicyclic) bond motifs is 1. The molecule has 1 aromatic rings. The molecule has 0 saturated carbocycles. The monoisotopic (exact) mass is 233 g/mol. The van der Waals surface area contributed by atoms with Crippen molar-refractivity contribution in [3.05, 3.63) is 35.4 Å². The molecule has 1 aromatic carbocycles. The van der Waals surface area contributed by atoms with Crippen molar-refractivity contribution in [2.75, 3.05) is 0 Å². The summed E-state index contributed by atoms with van der Waals surface area (Å²) >= 11 is 0. The second kappa shape index (κ2) is 5.29. The number of benzene rings is 1. The van der Waals surface area contributed by atoms with Crippen LogP contribution in [-0.4, -0.2) is 16.8 Å². The third kappa shape index (κ3) is 2.84. The van der Waals surface area contributed by atoms with Gasteiger partial charge >= 0.3 is 0 Å². The van der Waals surface area contributed by atoms with Gasteiger partial charge in [0.05, 0.1) is 0 Å². The maximum Gasteiger partial charge on any atom is 0.233 e. The first-order valence-electron chi connectivity index (χ1n) is 6.01. The Balaban J connectivity index is 1.87. The van der Waals surface area contributed by atoms with E-state index < -0.39 is 0 Å². The SMILES string of the molecule is CC(CCC(=O)NN)N1Cc2ccccc2C1. The van der Waals surface area contributed by atoms with Gasteiger partial charge in [0, 0.05) is 25.6 Å². The van der Waals surface area contributed by atoms with Crippen LogP contribution in [0.4, 0.5) is 0 Å². The number of nitrogens with two attached hydrogens (primary N) is 1. The number of hydrogen-bond donors (Lipinski definition) is 2. The lowest BCUT2D eigenvalue weighted by Crippen LogP contribution is -2.33. The highest BCUT2D eigenvalue weighted by atomic mass is 16.2. The molecule has 0 radical (unpaired) electrons. The first-order chi connectivity index (χ1) is 8.20. The zero-order valence-electron chi connectivity index (χ0n) is 10.1. The first-order valence-corrected chi connectivity index (χ1v) is 6.01. The fraction of sp³-hybridized carbons (Fsp3) is 0.462. The molecule has 0 saturated heterocycles. The Hall–Kier alpha value is -1.39. The van der Waals surface area contributed by atoms with Crippen molar-refractivity contribution in [1.29, 1.82) is 0 Å². The molecule has 0 aliphatic carbocycles. The molecule has 0 bridgehead atoms. The van der Waals surface area contributed by atoms with Gasteiger partial charge in [-0.15, -0.1) is 0 Å². The first kappa shape index (κ1) is 12.1. The van der Waals surface area contributed by atoms with E-state index in [4.69, 9.17) is 5.84 Å². The van der Waals surface area contributed by atoms with Crippen LogP contribution in [0.1, 0.15) is 30.9 Å². The van der Waals surface area contributed by atoms with E-state index in [0.717, 1.165) is 19.5 Å². The third-order valence-corrected chi connectivity index (χ3v) is 3.44. The lowest BCUT2D eigenvalue weighted by molar-refractivity contribution is -0.121. The Kier molecular flexibility index (Phi) is 3.76. The Labute approximate surface area is 102 Å². The summed E-state index contributed by atoms with van der Waals surface area (Å²) in [7, 11) is 0. The second-order valence-corrected chi connectivity index (χ2v) is 4.63. The molecule has 1 amide bonds. The van der Waals surface area contributed by atoms with E-state index in [9.17, 15) is 4.79 Å². The molecular weight excluding hydrogens is 214 g/mol. The van der Waals surface area contributed by atoms with Crippen molar-refractivity contribution in [2.45, 2.75) is 38.9 Å². The second-order valence-electron chi connectivity index (χ2n) is 4.63. The van der Waals surface area contributed by atoms with Crippen LogP contribution in [0.15, 0.2) is 24.3 Å². The van der Waals surface area contributed by atoms with Crippen LogP contribution in [0.5, 0.6) is 0 Å². The summed E-state index contributed by atoms with van der Waals surface area (Å²) in [6, 6.07) is 8.91. The average Bonchev–Trinajstić information content (AvgIpc) is 2.79. The van der Waals surface area contributed by atoms with Crippen molar-refractivity contribution < 1.29 is 4.79 Å². The molecule has 4 nitrogen and oxygen atoms in total. The number of hydrogen-bond acceptors (Lipinski definition) is 3. The van der Waals surface area contributed by atoms with Crippen LogP contribution in [0.2, 0.25) is 0 Å². The highest BCUT2D eigenvalue weighted by molar-refractivity contribution is 5.75. The van der Waals surface area contributed by atoms with Gasteiger partial charge in [-0.1, -0.05) is 24.3 Å². The molecule has 2 rings (SSSR count). The molecule has 17 heavy (non-hydrogen) atoms. The predicted octanol–water partition coefficient (Wildman–Crippen LogP) is 1.16. The minimum atomic E-state index is -0.0893. The third-order valence-electron chi connectivity index (χ3n) is 3.44. The summed E-state index contributed by atoms with van der Waals surface area (Å²) in [4.78, 5) is 13.5. The van der Waals surface area contributed by atoms with Crippen molar-refractivity contribution in [1.82, 2.24) is 10.3 Å². The number of amides is 1. The van der Waals surface area contributed by atoms with E-state index in [0.29, 0.717) is 12.5 Å². The summed E-state index contributed by atoms with van der Waals surface area (Å²) in [6.07, 6.45) is 1.33. The van der Waals surface area contributed by atoms with Gasteiger partial charge < -0.3 is 0 Å². The molecule has 3 N–H and O–H groups in total. The lowest BCUT2D eigenvalue weighted by atomic mass is 10.1. The van der Waals surface area contributed by atoms with Crippen molar-refractivity contribution in [2.24, 2.45) is 5.84 Å². The predicted molar refractivity (Wildman–Crippen MR) is 66.7 cm³/mol. The Morgan fingerprint density at radius 2 is 2.00 bits per heavy atom. The molecule has 1 atom stereocenters. The smallest absolute Gasteiger partial charge is 0.233 e. The summed E-state index contributed by atoms with van der Waals surface area (Å²) in [6.45, 7) is 4.14. The molecule has 0 fully saturated rings. The van der Waals surface area contributed by atoms with E-state index in [1.54, 1.807) is 0 Å². The number of rotatable bonds is 4. The fourth-order valence-electron chi connectivity index (χ4n) is 2.27. The molecule has 1 aliphatic rings. The molecule has 92 valence electrons. The minimum Gasteiger partial charge on any atom is -0.294 e. The van der Waals surface area contributed by atoms with Crippen molar-refractivity contribution in [3.8, 4) is 0 Å². The highest BCUT2D eigenvalue weighted by Gasteiger charge is 2.22. The van der Waals surface area contributed by atoms with E-state index in [2.05, 4.69) is 41.5 Å². The Bertz CT molecular complexity index is 380. The molecule has 1 unspecified atom stereocenters. The van der Waals surface area contributed by atoms with Crippen LogP contribution in [0.25, 0.3) is 0 Å².